The maximum Gasteiger partial charge on any atom is 0.309 e. The maximum absolute atomic E-state index is 11.1. The van der Waals surface area contributed by atoms with Crippen molar-refractivity contribution in [3.05, 3.63) is 29.5 Å². The summed E-state index contributed by atoms with van der Waals surface area (Å²) in [6, 6.07) is 6.03. The number of rotatable bonds is 3. The lowest BCUT2D eigenvalue weighted by Crippen LogP contribution is -2.26. The molecule has 0 aliphatic heterocycles. The van der Waals surface area contributed by atoms with E-state index in [1.54, 1.807) is 13.8 Å². The van der Waals surface area contributed by atoms with Crippen LogP contribution in [0.1, 0.15) is 25.1 Å². The number of carboxylic acid groups (broad SMARTS) is 1. The zero-order valence-electron chi connectivity index (χ0n) is 11.2. The zero-order valence-corrected chi connectivity index (χ0v) is 11.2. The van der Waals surface area contributed by atoms with E-state index in [0.717, 1.165) is 22.2 Å². The van der Waals surface area contributed by atoms with Gasteiger partial charge in [0.2, 0.25) is 0 Å². The first-order valence-electron chi connectivity index (χ1n) is 5.97. The third kappa shape index (κ3) is 2.10. The molecule has 0 atom stereocenters. The number of carboxylic acids is 1. The summed E-state index contributed by atoms with van der Waals surface area (Å²) < 4.78 is 1.84. The maximum atomic E-state index is 11.1. The van der Waals surface area contributed by atoms with Crippen molar-refractivity contribution < 1.29 is 9.90 Å². The second-order valence-corrected chi connectivity index (χ2v) is 5.43. The average Bonchev–Trinajstić information content (AvgIpc) is 2.54. The van der Waals surface area contributed by atoms with Gasteiger partial charge in [-0.2, -0.15) is 5.10 Å². The van der Waals surface area contributed by atoms with Crippen molar-refractivity contribution in [2.24, 2.45) is 12.5 Å². The number of fused-ring (bicyclic) bond motifs is 1. The Morgan fingerprint density at radius 3 is 2.72 bits per heavy atom. The lowest BCUT2D eigenvalue weighted by molar-refractivity contribution is -0.146. The van der Waals surface area contributed by atoms with Gasteiger partial charge in [-0.15, -0.1) is 0 Å². The van der Waals surface area contributed by atoms with Crippen molar-refractivity contribution in [1.29, 1.82) is 0 Å². The number of aromatic nitrogens is 2. The van der Waals surface area contributed by atoms with Crippen molar-refractivity contribution in [3.63, 3.8) is 0 Å². The highest BCUT2D eigenvalue weighted by Crippen LogP contribution is 2.25. The van der Waals surface area contributed by atoms with Gasteiger partial charge >= 0.3 is 5.97 Å². The van der Waals surface area contributed by atoms with Crippen molar-refractivity contribution in [1.82, 2.24) is 9.78 Å². The van der Waals surface area contributed by atoms with Crippen LogP contribution < -0.4 is 0 Å². The lowest BCUT2D eigenvalue weighted by atomic mass is 9.86. The molecule has 0 unspecified atom stereocenters. The minimum absolute atomic E-state index is 0.516. The van der Waals surface area contributed by atoms with Gasteiger partial charge in [0.05, 0.1) is 16.6 Å². The standard InChI is InChI=1S/C14H18N2O2/c1-9-11-6-5-10(7-12(11)16(4)15-9)8-14(2,3)13(17)18/h5-7H,8H2,1-4H3,(H,17,18). The molecule has 0 aliphatic carbocycles. The van der Waals surface area contributed by atoms with E-state index in [4.69, 9.17) is 5.11 Å². The fourth-order valence-electron chi connectivity index (χ4n) is 2.18. The van der Waals surface area contributed by atoms with Crippen LogP contribution in [-0.2, 0) is 18.3 Å². The molecule has 0 aliphatic rings. The van der Waals surface area contributed by atoms with Crippen LogP contribution in [-0.4, -0.2) is 20.9 Å². The van der Waals surface area contributed by atoms with Crippen LogP contribution in [0.25, 0.3) is 10.9 Å². The van der Waals surface area contributed by atoms with E-state index < -0.39 is 11.4 Å². The smallest absolute Gasteiger partial charge is 0.309 e. The second-order valence-electron chi connectivity index (χ2n) is 5.43. The van der Waals surface area contributed by atoms with Crippen molar-refractivity contribution in [2.45, 2.75) is 27.2 Å². The van der Waals surface area contributed by atoms with Gasteiger partial charge < -0.3 is 5.11 Å². The Balaban J connectivity index is 2.42. The van der Waals surface area contributed by atoms with Crippen LogP contribution in [0.5, 0.6) is 0 Å². The number of hydrogen-bond acceptors (Lipinski definition) is 2. The SMILES string of the molecule is Cc1nn(C)c2cc(CC(C)(C)C(=O)O)ccc12. The molecule has 0 saturated heterocycles. The predicted octanol–water partition coefficient (Wildman–Crippen LogP) is 2.54. The molecule has 18 heavy (non-hydrogen) atoms. The lowest BCUT2D eigenvalue weighted by Gasteiger charge is -2.18. The van der Waals surface area contributed by atoms with Crippen LogP contribution in [0.2, 0.25) is 0 Å². The van der Waals surface area contributed by atoms with Gasteiger partial charge in [-0.3, -0.25) is 9.48 Å². The van der Waals surface area contributed by atoms with Crippen LogP contribution in [0.4, 0.5) is 0 Å². The van der Waals surface area contributed by atoms with Gasteiger partial charge in [0.15, 0.2) is 0 Å². The van der Waals surface area contributed by atoms with E-state index >= 15 is 0 Å². The Hall–Kier alpha value is -1.84. The Morgan fingerprint density at radius 2 is 2.11 bits per heavy atom. The molecule has 0 fully saturated rings. The van der Waals surface area contributed by atoms with E-state index in [2.05, 4.69) is 5.10 Å². The first-order chi connectivity index (χ1) is 8.31. The molecule has 1 N–H and O–H groups in total. The van der Waals surface area contributed by atoms with Crippen LogP contribution in [0.15, 0.2) is 18.2 Å². The molecule has 2 aromatic rings. The first kappa shape index (κ1) is 12.6. The van der Waals surface area contributed by atoms with E-state index in [1.807, 2.05) is 36.9 Å². The largest absolute Gasteiger partial charge is 0.481 e. The summed E-state index contributed by atoms with van der Waals surface area (Å²) in [5, 5.41) is 14.6. The topological polar surface area (TPSA) is 55.1 Å². The molecular weight excluding hydrogens is 228 g/mol. The molecule has 4 nitrogen and oxygen atoms in total. The van der Waals surface area contributed by atoms with Gasteiger partial charge in [-0.05, 0) is 38.8 Å². The summed E-state index contributed by atoms with van der Waals surface area (Å²) >= 11 is 0. The molecule has 0 bridgehead atoms. The van der Waals surface area contributed by atoms with Crippen molar-refractivity contribution >= 4 is 16.9 Å². The Labute approximate surface area is 106 Å². The van der Waals surface area contributed by atoms with Crippen LogP contribution >= 0.6 is 0 Å². The Morgan fingerprint density at radius 1 is 1.44 bits per heavy atom. The second kappa shape index (κ2) is 4.12. The highest BCUT2D eigenvalue weighted by atomic mass is 16.4. The minimum Gasteiger partial charge on any atom is -0.481 e. The monoisotopic (exact) mass is 246 g/mol. The zero-order chi connectivity index (χ0) is 13.5. The summed E-state index contributed by atoms with van der Waals surface area (Å²) in [5.74, 6) is -0.774. The molecule has 0 amide bonds. The summed E-state index contributed by atoms with van der Waals surface area (Å²) in [7, 11) is 1.90. The third-order valence-corrected chi connectivity index (χ3v) is 3.33. The van der Waals surface area contributed by atoms with E-state index in [1.165, 1.54) is 0 Å². The van der Waals surface area contributed by atoms with Gasteiger partial charge in [0.1, 0.15) is 0 Å². The highest BCUT2D eigenvalue weighted by molar-refractivity contribution is 5.82. The molecule has 0 radical (unpaired) electrons. The summed E-state index contributed by atoms with van der Waals surface area (Å²) in [6.45, 7) is 5.46. The first-order valence-corrected chi connectivity index (χ1v) is 5.97. The summed E-state index contributed by atoms with van der Waals surface area (Å²) in [5.41, 5.74) is 2.32. The number of carbonyl (C=O) groups is 1. The van der Waals surface area contributed by atoms with Crippen molar-refractivity contribution in [3.8, 4) is 0 Å². The van der Waals surface area contributed by atoms with E-state index in [0.29, 0.717) is 6.42 Å². The molecule has 0 saturated carbocycles. The van der Waals surface area contributed by atoms with Gasteiger partial charge in [-0.1, -0.05) is 12.1 Å². The van der Waals surface area contributed by atoms with Gasteiger partial charge in [-0.25, -0.2) is 0 Å². The molecule has 1 aromatic carbocycles. The number of aliphatic carboxylic acids is 1. The van der Waals surface area contributed by atoms with Gasteiger partial charge in [0.25, 0.3) is 0 Å². The number of aryl methyl sites for hydroxylation is 2. The molecule has 0 spiro atoms. The minimum atomic E-state index is -0.774. The number of benzene rings is 1. The third-order valence-electron chi connectivity index (χ3n) is 3.33. The molecule has 96 valence electrons. The quantitative estimate of drug-likeness (QED) is 0.905. The summed E-state index contributed by atoms with van der Waals surface area (Å²) in [4.78, 5) is 11.1. The van der Waals surface area contributed by atoms with E-state index in [-0.39, 0.29) is 0 Å². The molecule has 1 aromatic heterocycles. The molecule has 4 heteroatoms. The molecule has 2 rings (SSSR count). The number of nitrogens with zero attached hydrogens (tertiary/aromatic N) is 2. The predicted molar refractivity (Wildman–Crippen MR) is 70.6 cm³/mol. The van der Waals surface area contributed by atoms with Crippen LogP contribution in [0, 0.1) is 12.3 Å². The Bertz CT molecular complexity index is 612. The fraction of sp³-hybridized carbons (Fsp3) is 0.429. The summed E-state index contributed by atoms with van der Waals surface area (Å²) in [6.07, 6.45) is 0.516. The van der Waals surface area contributed by atoms with E-state index in [9.17, 15) is 4.79 Å². The van der Waals surface area contributed by atoms with Gasteiger partial charge in [0, 0.05) is 12.4 Å². The average molecular weight is 246 g/mol. The fourth-order valence-corrected chi connectivity index (χ4v) is 2.18. The number of hydrogen-bond donors (Lipinski definition) is 1. The molecular formula is C14H18N2O2. The normalized spacial score (nSPS) is 12.0. The molecule has 1 heterocycles. The van der Waals surface area contributed by atoms with Crippen molar-refractivity contribution in [2.75, 3.05) is 0 Å². The highest BCUT2D eigenvalue weighted by Gasteiger charge is 2.27. The van der Waals surface area contributed by atoms with Crippen LogP contribution in [0.3, 0.4) is 0 Å². The Kier molecular flexibility index (Phi) is 2.89.